The van der Waals surface area contributed by atoms with Crippen LogP contribution in [0.15, 0.2) is 40.9 Å². The Morgan fingerprint density at radius 3 is 2.14 bits per heavy atom. The molecule has 0 aromatic heterocycles. The minimum absolute atomic E-state index is 0.152. The van der Waals surface area contributed by atoms with E-state index in [4.69, 9.17) is 0 Å². The first kappa shape index (κ1) is 14.4. The third-order valence-corrected chi connectivity index (χ3v) is 4.37. The minimum Gasteiger partial charge on any atom is -0.268 e. The molecule has 0 unspecified atom stereocenters. The Labute approximate surface area is 133 Å². The number of hydrogen-bond acceptors (Lipinski definition) is 4. The van der Waals surface area contributed by atoms with Crippen LogP contribution in [0.2, 0.25) is 0 Å². The number of carbonyl (C=O) groups is 2. The first-order valence-electron chi connectivity index (χ1n) is 6.34. The lowest BCUT2D eigenvalue weighted by molar-refractivity contribution is -0.385. The van der Waals surface area contributed by atoms with E-state index in [-0.39, 0.29) is 11.4 Å². The molecule has 1 aliphatic rings. The number of anilines is 1. The molecule has 2 aromatic rings. The van der Waals surface area contributed by atoms with Crippen LogP contribution in [0.4, 0.5) is 11.4 Å². The average molecular weight is 361 g/mol. The van der Waals surface area contributed by atoms with Gasteiger partial charge >= 0.3 is 0 Å². The van der Waals surface area contributed by atoms with E-state index in [1.165, 1.54) is 12.1 Å². The van der Waals surface area contributed by atoms with Crippen molar-refractivity contribution < 1.29 is 14.5 Å². The second kappa shape index (κ2) is 5.03. The maximum Gasteiger partial charge on any atom is 0.275 e. The van der Waals surface area contributed by atoms with Crippen molar-refractivity contribution in [3.05, 3.63) is 67.7 Å². The molecule has 0 spiro atoms. The highest BCUT2D eigenvalue weighted by molar-refractivity contribution is 9.10. The van der Waals surface area contributed by atoms with E-state index in [1.807, 2.05) is 0 Å². The summed E-state index contributed by atoms with van der Waals surface area (Å²) in [6.45, 7) is 1.59. The molecule has 2 amide bonds. The highest BCUT2D eigenvalue weighted by atomic mass is 79.9. The van der Waals surface area contributed by atoms with Crippen molar-refractivity contribution in [3.8, 4) is 0 Å². The number of amides is 2. The lowest BCUT2D eigenvalue weighted by Crippen LogP contribution is -2.29. The van der Waals surface area contributed by atoms with Gasteiger partial charge in [-0.2, -0.15) is 0 Å². The van der Waals surface area contributed by atoms with E-state index in [1.54, 1.807) is 31.2 Å². The quantitative estimate of drug-likeness (QED) is 0.466. The minimum atomic E-state index is -0.540. The normalized spacial score (nSPS) is 13.5. The number of benzene rings is 2. The van der Waals surface area contributed by atoms with Gasteiger partial charge in [0, 0.05) is 16.1 Å². The molecule has 0 bridgehead atoms. The number of fused-ring (bicyclic) bond motifs is 1. The van der Waals surface area contributed by atoms with E-state index >= 15 is 0 Å². The Morgan fingerprint density at radius 2 is 1.64 bits per heavy atom. The summed E-state index contributed by atoms with van der Waals surface area (Å²) in [6.07, 6.45) is 0. The Balaban J connectivity index is 2.16. The molecule has 0 saturated heterocycles. The van der Waals surface area contributed by atoms with E-state index in [0.717, 1.165) is 4.90 Å². The molecule has 1 aliphatic heterocycles. The molecule has 22 heavy (non-hydrogen) atoms. The number of nitrogens with zero attached hydrogens (tertiary/aromatic N) is 2. The van der Waals surface area contributed by atoms with E-state index in [2.05, 4.69) is 15.9 Å². The zero-order valence-electron chi connectivity index (χ0n) is 11.4. The van der Waals surface area contributed by atoms with Crippen LogP contribution < -0.4 is 4.90 Å². The second-order valence-corrected chi connectivity index (χ2v) is 5.67. The van der Waals surface area contributed by atoms with Crippen molar-refractivity contribution in [2.75, 3.05) is 4.90 Å². The van der Waals surface area contributed by atoms with Crippen molar-refractivity contribution in [1.29, 1.82) is 0 Å². The van der Waals surface area contributed by atoms with Gasteiger partial charge in [-0.15, -0.1) is 0 Å². The first-order chi connectivity index (χ1) is 10.4. The lowest BCUT2D eigenvalue weighted by Gasteiger charge is -2.15. The molecule has 1 heterocycles. The molecule has 0 fully saturated rings. The van der Waals surface area contributed by atoms with E-state index in [9.17, 15) is 19.7 Å². The Bertz CT molecular complexity index is 812. The molecule has 0 saturated carbocycles. The van der Waals surface area contributed by atoms with Gasteiger partial charge in [0.15, 0.2) is 0 Å². The number of nitro groups is 1. The molecule has 0 N–H and O–H groups in total. The Hall–Kier alpha value is -2.54. The van der Waals surface area contributed by atoms with Gasteiger partial charge in [-0.1, -0.05) is 28.1 Å². The number of halogens is 1. The highest BCUT2D eigenvalue weighted by Crippen LogP contribution is 2.35. The predicted octanol–water partition coefficient (Wildman–Crippen LogP) is 3.47. The predicted molar refractivity (Wildman–Crippen MR) is 83.1 cm³/mol. The number of imide groups is 1. The molecule has 0 radical (unpaired) electrons. The van der Waals surface area contributed by atoms with Crippen molar-refractivity contribution in [2.24, 2.45) is 0 Å². The first-order valence-corrected chi connectivity index (χ1v) is 7.13. The van der Waals surface area contributed by atoms with Crippen molar-refractivity contribution in [1.82, 2.24) is 0 Å². The maximum absolute atomic E-state index is 12.4. The van der Waals surface area contributed by atoms with Gasteiger partial charge in [0.25, 0.3) is 17.5 Å². The van der Waals surface area contributed by atoms with Crippen LogP contribution in [0.3, 0.4) is 0 Å². The largest absolute Gasteiger partial charge is 0.275 e. The average Bonchev–Trinajstić information content (AvgIpc) is 2.74. The SMILES string of the molecule is Cc1c(Br)cc(N2C(=O)c3ccccc3C2=O)cc1[N+](=O)[O-]. The van der Waals surface area contributed by atoms with Crippen LogP contribution in [0.1, 0.15) is 26.3 Å². The fraction of sp³-hybridized carbons (Fsp3) is 0.0667. The van der Waals surface area contributed by atoms with Crippen LogP contribution in [-0.4, -0.2) is 16.7 Å². The summed E-state index contributed by atoms with van der Waals surface area (Å²) in [7, 11) is 0. The number of carbonyl (C=O) groups excluding carboxylic acids is 2. The number of rotatable bonds is 2. The van der Waals surface area contributed by atoms with Crippen LogP contribution in [-0.2, 0) is 0 Å². The van der Waals surface area contributed by atoms with E-state index in [0.29, 0.717) is 21.2 Å². The Morgan fingerprint density at radius 1 is 1.09 bits per heavy atom. The zero-order valence-corrected chi connectivity index (χ0v) is 13.0. The van der Waals surface area contributed by atoms with Crippen LogP contribution >= 0.6 is 15.9 Å². The van der Waals surface area contributed by atoms with Gasteiger partial charge in [0.05, 0.1) is 21.7 Å². The molecule has 3 rings (SSSR count). The zero-order chi connectivity index (χ0) is 16.0. The van der Waals surface area contributed by atoms with Gasteiger partial charge in [-0.3, -0.25) is 19.7 Å². The monoisotopic (exact) mass is 360 g/mol. The number of nitro benzene ring substituents is 1. The summed E-state index contributed by atoms with van der Waals surface area (Å²) >= 11 is 3.23. The third kappa shape index (κ3) is 2.01. The van der Waals surface area contributed by atoms with Crippen molar-refractivity contribution in [2.45, 2.75) is 6.92 Å². The number of hydrogen-bond donors (Lipinski definition) is 0. The van der Waals surface area contributed by atoms with Crippen LogP contribution in [0, 0.1) is 17.0 Å². The summed E-state index contributed by atoms with van der Waals surface area (Å²) < 4.78 is 0.466. The van der Waals surface area contributed by atoms with Crippen LogP contribution in [0.5, 0.6) is 0 Å². The molecule has 0 aliphatic carbocycles. The summed E-state index contributed by atoms with van der Waals surface area (Å²) in [6, 6.07) is 9.23. The fourth-order valence-electron chi connectivity index (χ4n) is 2.39. The summed E-state index contributed by atoms with van der Waals surface area (Å²) in [5.41, 5.74) is 1.06. The molecule has 0 atom stereocenters. The van der Waals surface area contributed by atoms with Gasteiger partial charge in [0.1, 0.15) is 0 Å². The van der Waals surface area contributed by atoms with Gasteiger partial charge in [-0.05, 0) is 25.1 Å². The molecule has 2 aromatic carbocycles. The highest BCUT2D eigenvalue weighted by Gasteiger charge is 2.37. The van der Waals surface area contributed by atoms with Crippen LogP contribution in [0.25, 0.3) is 0 Å². The smallest absolute Gasteiger partial charge is 0.268 e. The van der Waals surface area contributed by atoms with E-state index < -0.39 is 16.7 Å². The summed E-state index contributed by atoms with van der Waals surface area (Å²) in [5, 5.41) is 11.1. The second-order valence-electron chi connectivity index (χ2n) is 4.82. The third-order valence-electron chi connectivity index (χ3n) is 3.55. The molecule has 6 nitrogen and oxygen atoms in total. The van der Waals surface area contributed by atoms with Gasteiger partial charge in [0.2, 0.25) is 0 Å². The van der Waals surface area contributed by atoms with Crippen molar-refractivity contribution in [3.63, 3.8) is 0 Å². The standard InChI is InChI=1S/C15H9BrN2O4/c1-8-12(16)6-9(7-13(8)18(21)22)17-14(19)10-4-2-3-5-11(10)15(17)20/h2-7H,1H3. The van der Waals surface area contributed by atoms with Gasteiger partial charge < -0.3 is 0 Å². The summed E-state index contributed by atoms with van der Waals surface area (Å²) in [4.78, 5) is 36.3. The topological polar surface area (TPSA) is 80.5 Å². The Kier molecular flexibility index (Phi) is 3.29. The van der Waals surface area contributed by atoms with Gasteiger partial charge in [-0.25, -0.2) is 4.90 Å². The lowest BCUT2D eigenvalue weighted by atomic mass is 10.1. The molecular weight excluding hydrogens is 352 g/mol. The molecule has 7 heteroatoms. The van der Waals surface area contributed by atoms with Crippen molar-refractivity contribution >= 4 is 39.1 Å². The molecular formula is C15H9BrN2O4. The fourth-order valence-corrected chi connectivity index (χ4v) is 2.83. The maximum atomic E-state index is 12.4. The molecule has 110 valence electrons. The summed E-state index contributed by atoms with van der Waals surface area (Å²) in [5.74, 6) is -0.962.